The lowest BCUT2D eigenvalue weighted by atomic mass is 9.91. The van der Waals surface area contributed by atoms with Crippen LogP contribution < -0.4 is 10.6 Å². The van der Waals surface area contributed by atoms with Gasteiger partial charge in [-0.1, -0.05) is 33.8 Å². The zero-order valence-corrected chi connectivity index (χ0v) is 13.3. The summed E-state index contributed by atoms with van der Waals surface area (Å²) in [5.74, 6) is 0.0932. The highest BCUT2D eigenvalue weighted by Gasteiger charge is 2.21. The van der Waals surface area contributed by atoms with E-state index in [4.69, 9.17) is 0 Å². The number of nitrogens with one attached hydrogen (secondary N) is 2. The van der Waals surface area contributed by atoms with Gasteiger partial charge < -0.3 is 10.6 Å². The van der Waals surface area contributed by atoms with Crippen molar-refractivity contribution in [2.24, 2.45) is 0 Å². The van der Waals surface area contributed by atoms with E-state index in [0.717, 1.165) is 19.4 Å². The minimum absolute atomic E-state index is 0.0728. The van der Waals surface area contributed by atoms with Crippen molar-refractivity contribution in [3.05, 3.63) is 22.4 Å². The van der Waals surface area contributed by atoms with Crippen LogP contribution in [0.2, 0.25) is 0 Å². The lowest BCUT2D eigenvalue weighted by Crippen LogP contribution is -2.42. The van der Waals surface area contributed by atoms with Crippen LogP contribution in [0.4, 0.5) is 0 Å². The third-order valence-corrected chi connectivity index (χ3v) is 4.63. The van der Waals surface area contributed by atoms with Crippen molar-refractivity contribution < 1.29 is 4.79 Å². The molecule has 0 aromatic carbocycles. The number of rotatable bonds is 8. The summed E-state index contributed by atoms with van der Waals surface area (Å²) in [6.07, 6.45) is 1.98. The fourth-order valence-corrected chi connectivity index (χ4v) is 2.86. The molecular weight excluding hydrogens is 256 g/mol. The third kappa shape index (κ3) is 5.33. The van der Waals surface area contributed by atoms with Crippen molar-refractivity contribution in [2.45, 2.75) is 52.0 Å². The molecule has 0 saturated carbocycles. The van der Waals surface area contributed by atoms with E-state index in [-0.39, 0.29) is 11.3 Å². The number of carbonyl (C=O) groups excluding carboxylic acids is 1. The Morgan fingerprint density at radius 3 is 2.58 bits per heavy atom. The molecule has 0 atom stereocenters. The van der Waals surface area contributed by atoms with Crippen LogP contribution in [0, 0.1) is 0 Å². The van der Waals surface area contributed by atoms with Gasteiger partial charge in [-0.05, 0) is 24.3 Å². The second-order valence-corrected chi connectivity index (χ2v) is 6.49. The summed E-state index contributed by atoms with van der Waals surface area (Å²) in [7, 11) is 0. The largest absolute Gasteiger partial charge is 0.352 e. The summed E-state index contributed by atoms with van der Waals surface area (Å²) in [5.41, 5.74) is 0.0728. The van der Waals surface area contributed by atoms with Gasteiger partial charge in [-0.3, -0.25) is 4.79 Å². The van der Waals surface area contributed by atoms with Crippen molar-refractivity contribution >= 4 is 17.2 Å². The van der Waals surface area contributed by atoms with Crippen molar-refractivity contribution in [1.29, 1.82) is 0 Å². The van der Waals surface area contributed by atoms with E-state index < -0.39 is 0 Å². The molecule has 0 aliphatic carbocycles. The maximum absolute atomic E-state index is 11.8. The molecule has 0 spiro atoms. The first-order valence-corrected chi connectivity index (χ1v) is 7.91. The number of hydrogen-bond acceptors (Lipinski definition) is 3. The van der Waals surface area contributed by atoms with Gasteiger partial charge in [0.05, 0.1) is 6.54 Å². The van der Waals surface area contributed by atoms with Gasteiger partial charge in [0.2, 0.25) is 5.91 Å². The minimum atomic E-state index is 0.0728. The van der Waals surface area contributed by atoms with E-state index in [1.54, 1.807) is 11.3 Å². The van der Waals surface area contributed by atoms with E-state index in [2.05, 4.69) is 55.8 Å². The van der Waals surface area contributed by atoms with E-state index >= 15 is 0 Å². The molecule has 0 fully saturated rings. The van der Waals surface area contributed by atoms with E-state index in [1.807, 2.05) is 0 Å². The molecule has 1 amide bonds. The number of carbonyl (C=O) groups is 1. The Hall–Kier alpha value is -0.870. The molecule has 0 aliphatic rings. The molecule has 19 heavy (non-hydrogen) atoms. The summed E-state index contributed by atoms with van der Waals surface area (Å²) >= 11 is 1.77. The van der Waals surface area contributed by atoms with Crippen molar-refractivity contribution in [1.82, 2.24) is 10.6 Å². The van der Waals surface area contributed by atoms with Crippen LogP contribution in [-0.2, 0) is 10.2 Å². The third-order valence-electron chi connectivity index (χ3n) is 3.39. The SMILES string of the molecule is CCC(CC)NC(=O)CNCC(C)(C)c1cccs1. The van der Waals surface area contributed by atoms with Gasteiger partial charge in [0.1, 0.15) is 0 Å². The fraction of sp³-hybridized carbons (Fsp3) is 0.667. The molecule has 0 unspecified atom stereocenters. The molecule has 2 N–H and O–H groups in total. The second-order valence-electron chi connectivity index (χ2n) is 5.55. The van der Waals surface area contributed by atoms with Crippen LogP contribution in [0.15, 0.2) is 17.5 Å². The maximum atomic E-state index is 11.8. The maximum Gasteiger partial charge on any atom is 0.234 e. The van der Waals surface area contributed by atoms with Crippen molar-refractivity contribution in [2.75, 3.05) is 13.1 Å². The van der Waals surface area contributed by atoms with Crippen LogP contribution in [-0.4, -0.2) is 25.0 Å². The Bertz CT molecular complexity index is 370. The average Bonchev–Trinajstić information content (AvgIpc) is 2.90. The first-order chi connectivity index (χ1) is 8.99. The van der Waals surface area contributed by atoms with E-state index in [1.165, 1.54) is 4.88 Å². The minimum Gasteiger partial charge on any atom is -0.352 e. The quantitative estimate of drug-likeness (QED) is 0.770. The summed E-state index contributed by atoms with van der Waals surface area (Å²) < 4.78 is 0. The van der Waals surface area contributed by atoms with Gasteiger partial charge in [0.15, 0.2) is 0 Å². The summed E-state index contributed by atoms with van der Waals surface area (Å²) in [6.45, 7) is 9.80. The molecule has 0 bridgehead atoms. The van der Waals surface area contributed by atoms with Crippen molar-refractivity contribution in [3.8, 4) is 0 Å². The predicted octanol–water partition coefficient (Wildman–Crippen LogP) is 2.92. The lowest BCUT2D eigenvalue weighted by Gasteiger charge is -2.24. The Morgan fingerprint density at radius 2 is 2.05 bits per heavy atom. The first-order valence-electron chi connectivity index (χ1n) is 7.03. The van der Waals surface area contributed by atoms with Gasteiger partial charge in [0, 0.05) is 22.9 Å². The van der Waals surface area contributed by atoms with E-state index in [9.17, 15) is 4.79 Å². The topological polar surface area (TPSA) is 41.1 Å². The highest BCUT2D eigenvalue weighted by molar-refractivity contribution is 7.10. The van der Waals surface area contributed by atoms with Crippen LogP contribution in [0.5, 0.6) is 0 Å². The Labute approximate surface area is 120 Å². The molecule has 1 rings (SSSR count). The molecular formula is C15H26N2OS. The van der Waals surface area contributed by atoms with Crippen molar-refractivity contribution in [3.63, 3.8) is 0 Å². The van der Waals surface area contributed by atoms with Gasteiger partial charge in [-0.2, -0.15) is 0 Å². The Balaban J connectivity index is 2.32. The predicted molar refractivity (Wildman–Crippen MR) is 82.7 cm³/mol. The molecule has 1 aromatic heterocycles. The highest BCUT2D eigenvalue weighted by atomic mass is 32.1. The zero-order valence-electron chi connectivity index (χ0n) is 12.5. The van der Waals surface area contributed by atoms with Gasteiger partial charge >= 0.3 is 0 Å². The average molecular weight is 282 g/mol. The molecule has 1 aromatic rings. The summed E-state index contributed by atoms with van der Waals surface area (Å²) in [6, 6.07) is 4.53. The van der Waals surface area contributed by atoms with Crippen LogP contribution in [0.3, 0.4) is 0 Å². The molecule has 4 heteroatoms. The first kappa shape index (κ1) is 16.2. The van der Waals surface area contributed by atoms with E-state index in [0.29, 0.717) is 12.6 Å². The molecule has 3 nitrogen and oxygen atoms in total. The molecule has 0 saturated heterocycles. The Morgan fingerprint density at radius 1 is 1.37 bits per heavy atom. The van der Waals surface area contributed by atoms with Crippen LogP contribution >= 0.6 is 11.3 Å². The summed E-state index contributed by atoms with van der Waals surface area (Å²) in [5, 5.41) is 8.39. The molecule has 0 aliphatic heterocycles. The zero-order chi connectivity index (χ0) is 14.3. The second kappa shape index (κ2) is 7.65. The standard InChI is InChI=1S/C15H26N2OS/c1-5-12(6-2)17-14(18)10-16-11-15(3,4)13-8-7-9-19-13/h7-9,12,16H,5-6,10-11H2,1-4H3,(H,17,18). The van der Waals surface area contributed by atoms with Gasteiger partial charge in [-0.25, -0.2) is 0 Å². The Kier molecular flexibility index (Phi) is 6.52. The molecule has 1 heterocycles. The summed E-state index contributed by atoms with van der Waals surface area (Å²) in [4.78, 5) is 13.1. The van der Waals surface area contributed by atoms with Gasteiger partial charge in [0.25, 0.3) is 0 Å². The highest BCUT2D eigenvalue weighted by Crippen LogP contribution is 2.26. The monoisotopic (exact) mass is 282 g/mol. The number of hydrogen-bond donors (Lipinski definition) is 2. The number of thiophene rings is 1. The smallest absolute Gasteiger partial charge is 0.234 e. The van der Waals surface area contributed by atoms with Crippen LogP contribution in [0.1, 0.15) is 45.4 Å². The lowest BCUT2D eigenvalue weighted by molar-refractivity contribution is -0.121. The molecule has 0 radical (unpaired) electrons. The van der Waals surface area contributed by atoms with Gasteiger partial charge in [-0.15, -0.1) is 11.3 Å². The van der Waals surface area contributed by atoms with Crippen LogP contribution in [0.25, 0.3) is 0 Å². The normalized spacial score (nSPS) is 11.8. The fourth-order valence-electron chi connectivity index (χ4n) is 2.01. The molecule has 108 valence electrons. The number of amides is 1.